The molecule has 1 amide bonds. The molecule has 0 atom stereocenters. The van der Waals surface area contributed by atoms with Gasteiger partial charge in [-0.15, -0.1) is 11.8 Å². The molecule has 1 aliphatic heterocycles. The molecule has 7 nitrogen and oxygen atoms in total. The van der Waals surface area contributed by atoms with Crippen LogP contribution in [0.1, 0.15) is 5.56 Å². The molecule has 0 bridgehead atoms. The summed E-state index contributed by atoms with van der Waals surface area (Å²) >= 11 is 1.56. The number of morpholine rings is 1. The van der Waals surface area contributed by atoms with Gasteiger partial charge in [0.1, 0.15) is 12.4 Å². The monoisotopic (exact) mass is 450 g/mol. The Morgan fingerprint density at radius 3 is 2.47 bits per heavy atom. The molecular formula is C21H26N2O5S2. The Morgan fingerprint density at radius 2 is 1.77 bits per heavy atom. The first-order valence-electron chi connectivity index (χ1n) is 9.75. The number of thioether (sulfide) groups is 1. The van der Waals surface area contributed by atoms with Gasteiger partial charge in [0.25, 0.3) is 0 Å². The van der Waals surface area contributed by atoms with Crippen molar-refractivity contribution in [1.82, 2.24) is 9.62 Å². The highest BCUT2D eigenvalue weighted by atomic mass is 32.2. The number of ether oxygens (including phenoxy) is 2. The quantitative estimate of drug-likeness (QED) is 0.559. The van der Waals surface area contributed by atoms with Crippen molar-refractivity contribution in [3.8, 4) is 5.75 Å². The van der Waals surface area contributed by atoms with Crippen LogP contribution >= 0.6 is 11.8 Å². The van der Waals surface area contributed by atoms with E-state index in [1.165, 1.54) is 9.87 Å². The van der Waals surface area contributed by atoms with E-state index < -0.39 is 10.0 Å². The molecule has 30 heavy (non-hydrogen) atoms. The minimum absolute atomic E-state index is 0.0357. The molecule has 2 aromatic carbocycles. The summed E-state index contributed by atoms with van der Waals surface area (Å²) in [6, 6.07) is 16.4. The molecule has 1 aliphatic rings. The maximum Gasteiger partial charge on any atom is 0.243 e. The summed E-state index contributed by atoms with van der Waals surface area (Å²) in [6.07, 6.45) is 0. The number of hydrogen-bond acceptors (Lipinski definition) is 6. The van der Waals surface area contributed by atoms with E-state index in [9.17, 15) is 13.2 Å². The van der Waals surface area contributed by atoms with Crippen molar-refractivity contribution in [2.45, 2.75) is 10.6 Å². The fourth-order valence-electron chi connectivity index (χ4n) is 2.89. The highest BCUT2D eigenvalue weighted by Gasteiger charge is 2.26. The normalized spacial score (nSPS) is 14.9. The first kappa shape index (κ1) is 22.6. The van der Waals surface area contributed by atoms with Gasteiger partial charge in [0, 0.05) is 18.8 Å². The number of sulfonamides is 1. The lowest BCUT2D eigenvalue weighted by atomic mass is 10.2. The molecule has 3 rings (SSSR count). The molecular weight excluding hydrogens is 424 g/mol. The summed E-state index contributed by atoms with van der Waals surface area (Å²) in [5, 5.41) is 2.82. The lowest BCUT2D eigenvalue weighted by Crippen LogP contribution is -2.40. The van der Waals surface area contributed by atoms with Gasteiger partial charge in [-0.2, -0.15) is 4.31 Å². The first-order valence-corrected chi connectivity index (χ1v) is 12.3. The molecule has 0 radical (unpaired) electrons. The summed E-state index contributed by atoms with van der Waals surface area (Å²) in [4.78, 5) is 12.1. The number of rotatable bonds is 10. The Morgan fingerprint density at radius 1 is 1.07 bits per heavy atom. The van der Waals surface area contributed by atoms with Gasteiger partial charge in [-0.25, -0.2) is 8.42 Å². The minimum atomic E-state index is -3.51. The van der Waals surface area contributed by atoms with Crippen LogP contribution in [0.3, 0.4) is 0 Å². The zero-order chi connectivity index (χ0) is 21.2. The van der Waals surface area contributed by atoms with Gasteiger partial charge in [-0.05, 0) is 29.8 Å². The fourth-order valence-corrected chi connectivity index (χ4v) is 5.12. The summed E-state index contributed by atoms with van der Waals surface area (Å²) in [6.45, 7) is 2.25. The van der Waals surface area contributed by atoms with E-state index in [0.717, 1.165) is 5.75 Å². The van der Waals surface area contributed by atoms with Crippen LogP contribution in [0.2, 0.25) is 0 Å². The molecule has 1 fully saturated rings. The topological polar surface area (TPSA) is 84.9 Å². The predicted molar refractivity (Wildman–Crippen MR) is 117 cm³/mol. The fraction of sp³-hybridized carbons (Fsp3) is 0.381. The molecule has 2 aromatic rings. The number of benzene rings is 2. The van der Waals surface area contributed by atoms with E-state index in [0.29, 0.717) is 51.0 Å². The standard InChI is InChI=1S/C21H26N2O5S2/c24-21(17-29-16-18-4-2-1-3-5-18)22-10-13-28-19-6-8-20(9-7-19)30(25,26)23-11-14-27-15-12-23/h1-9H,10-17H2,(H,22,24). The van der Waals surface area contributed by atoms with Gasteiger partial charge in [-0.1, -0.05) is 30.3 Å². The van der Waals surface area contributed by atoms with E-state index in [-0.39, 0.29) is 10.8 Å². The number of carbonyl (C=O) groups is 1. The third kappa shape index (κ3) is 6.73. The van der Waals surface area contributed by atoms with Gasteiger partial charge in [0.05, 0.1) is 30.4 Å². The summed E-state index contributed by atoms with van der Waals surface area (Å²) in [5.41, 5.74) is 1.19. The zero-order valence-corrected chi connectivity index (χ0v) is 18.3. The van der Waals surface area contributed by atoms with Crippen molar-refractivity contribution >= 4 is 27.7 Å². The van der Waals surface area contributed by atoms with Crippen LogP contribution in [0.15, 0.2) is 59.5 Å². The molecule has 1 heterocycles. The minimum Gasteiger partial charge on any atom is -0.492 e. The molecule has 0 saturated carbocycles. The summed E-state index contributed by atoms with van der Waals surface area (Å²) < 4.78 is 37.4. The Labute approximate surface area is 181 Å². The van der Waals surface area contributed by atoms with E-state index in [1.54, 1.807) is 36.0 Å². The van der Waals surface area contributed by atoms with Crippen LogP contribution in [-0.4, -0.2) is 63.8 Å². The van der Waals surface area contributed by atoms with Crippen LogP contribution in [0, 0.1) is 0 Å². The van der Waals surface area contributed by atoms with Crippen LogP contribution in [0.25, 0.3) is 0 Å². The summed E-state index contributed by atoms with van der Waals surface area (Å²) in [7, 11) is -3.51. The van der Waals surface area contributed by atoms with Crippen molar-refractivity contribution in [3.63, 3.8) is 0 Å². The van der Waals surface area contributed by atoms with E-state index in [4.69, 9.17) is 9.47 Å². The second-order valence-electron chi connectivity index (χ2n) is 6.66. The van der Waals surface area contributed by atoms with Crippen LogP contribution < -0.4 is 10.1 Å². The number of hydrogen-bond donors (Lipinski definition) is 1. The molecule has 9 heteroatoms. The van der Waals surface area contributed by atoms with Gasteiger partial charge in [0.15, 0.2) is 0 Å². The van der Waals surface area contributed by atoms with Gasteiger partial charge in [0.2, 0.25) is 15.9 Å². The molecule has 1 N–H and O–H groups in total. The zero-order valence-electron chi connectivity index (χ0n) is 16.7. The number of carbonyl (C=O) groups excluding carboxylic acids is 1. The van der Waals surface area contributed by atoms with Crippen molar-refractivity contribution in [2.75, 3.05) is 45.2 Å². The summed E-state index contributed by atoms with van der Waals surface area (Å²) in [5.74, 6) is 1.71. The Bertz CT molecular complexity index is 899. The highest BCUT2D eigenvalue weighted by molar-refractivity contribution is 7.99. The third-order valence-electron chi connectivity index (χ3n) is 4.47. The van der Waals surface area contributed by atoms with E-state index >= 15 is 0 Å². The SMILES string of the molecule is O=C(CSCc1ccccc1)NCCOc1ccc(S(=O)(=O)N2CCOCC2)cc1. The Hall–Kier alpha value is -2.07. The van der Waals surface area contributed by atoms with Gasteiger partial charge in [-0.3, -0.25) is 4.79 Å². The predicted octanol–water partition coefficient (Wildman–Crippen LogP) is 2.14. The van der Waals surface area contributed by atoms with Crippen molar-refractivity contribution in [3.05, 3.63) is 60.2 Å². The van der Waals surface area contributed by atoms with Gasteiger partial charge >= 0.3 is 0 Å². The molecule has 0 aromatic heterocycles. The lowest BCUT2D eigenvalue weighted by molar-refractivity contribution is -0.118. The van der Waals surface area contributed by atoms with E-state index in [2.05, 4.69) is 5.32 Å². The highest BCUT2D eigenvalue weighted by Crippen LogP contribution is 2.20. The molecule has 0 aliphatic carbocycles. The second-order valence-corrected chi connectivity index (χ2v) is 9.59. The number of nitrogens with one attached hydrogen (secondary N) is 1. The van der Waals surface area contributed by atoms with Crippen LogP contribution in [-0.2, 0) is 25.3 Å². The molecule has 1 saturated heterocycles. The molecule has 162 valence electrons. The largest absolute Gasteiger partial charge is 0.492 e. The van der Waals surface area contributed by atoms with Crippen molar-refractivity contribution in [1.29, 1.82) is 0 Å². The second kappa shape index (κ2) is 11.4. The number of nitrogens with zero attached hydrogens (tertiary/aromatic N) is 1. The maximum absolute atomic E-state index is 12.6. The van der Waals surface area contributed by atoms with Gasteiger partial charge < -0.3 is 14.8 Å². The first-order chi connectivity index (χ1) is 14.6. The number of amides is 1. The average Bonchev–Trinajstić information content (AvgIpc) is 2.78. The molecule has 0 spiro atoms. The van der Waals surface area contributed by atoms with Crippen LogP contribution in [0.5, 0.6) is 5.75 Å². The average molecular weight is 451 g/mol. The van der Waals surface area contributed by atoms with Crippen molar-refractivity contribution in [2.24, 2.45) is 0 Å². The Balaban J connectivity index is 1.35. The molecule has 0 unspecified atom stereocenters. The lowest BCUT2D eigenvalue weighted by Gasteiger charge is -2.26. The van der Waals surface area contributed by atoms with Crippen molar-refractivity contribution < 1.29 is 22.7 Å². The maximum atomic E-state index is 12.6. The Kier molecular flexibility index (Phi) is 8.56. The smallest absolute Gasteiger partial charge is 0.243 e. The van der Waals surface area contributed by atoms with Crippen LogP contribution in [0.4, 0.5) is 0 Å². The van der Waals surface area contributed by atoms with E-state index in [1.807, 2.05) is 30.3 Å². The third-order valence-corrected chi connectivity index (χ3v) is 7.39.